The molecule has 0 atom stereocenters. The highest BCUT2D eigenvalue weighted by Crippen LogP contribution is 2.60. The van der Waals surface area contributed by atoms with Crippen molar-refractivity contribution in [2.24, 2.45) is 0 Å². The fraction of sp³-hybridized carbons (Fsp3) is 0.0253. The summed E-state index contributed by atoms with van der Waals surface area (Å²) < 4.78 is 2.21. The van der Waals surface area contributed by atoms with Crippen molar-refractivity contribution in [1.82, 2.24) is 9.61 Å². The summed E-state index contributed by atoms with van der Waals surface area (Å²) in [5.41, 5.74) is 24.2. The zero-order valence-corrected chi connectivity index (χ0v) is 44.9. The maximum Gasteiger partial charge on any atom is 0.101 e. The molecule has 0 fully saturated rings. The number of nitrogens with zero attached hydrogens (tertiary/aromatic N) is 3. The SMILES string of the molecule is c1ccc(-c2nn3c(-c4ccccc4)cc4ccc(N(c5ccc6c(c5)C(c5ccccc5)(c5ccccc5)c5ccccc5-6)c5ccc6c(c5)C(c5ccccc5)(c5ccccc5)c5ccccc5-6)cc4c3c2-c2ccccc2)cc1. The summed E-state index contributed by atoms with van der Waals surface area (Å²) >= 11 is 0. The first kappa shape index (κ1) is 47.4. The predicted octanol–water partition coefficient (Wildman–Crippen LogP) is 19.7. The second-order valence-electron chi connectivity index (χ2n) is 21.7. The van der Waals surface area contributed by atoms with Crippen LogP contribution in [0.1, 0.15) is 44.5 Å². The van der Waals surface area contributed by atoms with E-state index < -0.39 is 10.8 Å². The summed E-state index contributed by atoms with van der Waals surface area (Å²) in [6.07, 6.45) is 0. The Morgan fingerprint density at radius 2 is 0.659 bits per heavy atom. The van der Waals surface area contributed by atoms with Gasteiger partial charge in [-0.3, -0.25) is 0 Å². The van der Waals surface area contributed by atoms with Crippen molar-refractivity contribution in [3.63, 3.8) is 0 Å². The molecule has 3 heteroatoms. The van der Waals surface area contributed by atoms with Gasteiger partial charge in [-0.2, -0.15) is 5.10 Å². The van der Waals surface area contributed by atoms with Crippen molar-refractivity contribution < 1.29 is 0 Å². The van der Waals surface area contributed by atoms with E-state index in [1.807, 2.05) is 0 Å². The van der Waals surface area contributed by atoms with Crippen molar-refractivity contribution in [3.05, 3.63) is 366 Å². The first-order chi connectivity index (χ1) is 40.7. The lowest BCUT2D eigenvalue weighted by atomic mass is 9.67. The Bertz CT molecular complexity index is 4450. The molecule has 82 heavy (non-hydrogen) atoms. The molecule has 0 unspecified atom stereocenters. The summed E-state index contributed by atoms with van der Waals surface area (Å²) in [5, 5.41) is 7.87. The molecule has 0 aliphatic heterocycles. The lowest BCUT2D eigenvalue weighted by molar-refractivity contribution is 0.767. The molecule has 2 aliphatic carbocycles. The van der Waals surface area contributed by atoms with Crippen LogP contribution in [0, 0.1) is 0 Å². The maximum atomic E-state index is 5.64. The Labute approximate surface area is 478 Å². The average Bonchev–Trinajstić information content (AvgIpc) is 3.18. The van der Waals surface area contributed by atoms with Crippen LogP contribution in [0.2, 0.25) is 0 Å². The molecule has 2 aromatic heterocycles. The van der Waals surface area contributed by atoms with Gasteiger partial charge in [0.1, 0.15) is 5.69 Å². The van der Waals surface area contributed by atoms with Crippen molar-refractivity contribution in [2.45, 2.75) is 10.8 Å². The van der Waals surface area contributed by atoms with Crippen molar-refractivity contribution >= 4 is 33.4 Å². The number of anilines is 3. The van der Waals surface area contributed by atoms with Gasteiger partial charge in [0.05, 0.1) is 22.0 Å². The van der Waals surface area contributed by atoms with Crippen LogP contribution in [0.3, 0.4) is 0 Å². The molecular weight excluding hydrogens is 991 g/mol. The molecule has 384 valence electrons. The van der Waals surface area contributed by atoms with E-state index >= 15 is 0 Å². The van der Waals surface area contributed by atoms with Gasteiger partial charge in [0.2, 0.25) is 0 Å². The lowest BCUT2D eigenvalue weighted by Gasteiger charge is -2.36. The molecule has 0 saturated carbocycles. The molecule has 0 spiro atoms. The fourth-order valence-corrected chi connectivity index (χ4v) is 14.1. The van der Waals surface area contributed by atoms with Crippen LogP contribution in [0.4, 0.5) is 17.1 Å². The zero-order valence-electron chi connectivity index (χ0n) is 44.9. The minimum atomic E-state index is -0.606. The number of hydrogen-bond acceptors (Lipinski definition) is 2. The topological polar surface area (TPSA) is 20.5 Å². The van der Waals surface area contributed by atoms with E-state index in [1.165, 1.54) is 66.8 Å². The third-order valence-electron chi connectivity index (χ3n) is 17.5. The first-order valence-corrected chi connectivity index (χ1v) is 28.4. The number of rotatable bonds is 10. The van der Waals surface area contributed by atoms with Crippen molar-refractivity contribution in [2.75, 3.05) is 4.90 Å². The van der Waals surface area contributed by atoms with Crippen LogP contribution < -0.4 is 4.90 Å². The van der Waals surface area contributed by atoms with Crippen LogP contribution in [0.5, 0.6) is 0 Å². The number of benzene rings is 12. The number of fused-ring (bicyclic) bond motifs is 9. The van der Waals surface area contributed by atoms with Crippen LogP contribution >= 0.6 is 0 Å². The van der Waals surface area contributed by atoms with Crippen LogP contribution in [-0.4, -0.2) is 9.61 Å². The molecule has 0 bridgehead atoms. The molecule has 0 radical (unpaired) electrons. The molecule has 16 rings (SSSR count). The minimum absolute atomic E-state index is 0.606. The Hall–Kier alpha value is -10.6. The third-order valence-corrected chi connectivity index (χ3v) is 17.5. The van der Waals surface area contributed by atoms with Gasteiger partial charge >= 0.3 is 0 Å². The van der Waals surface area contributed by atoms with Gasteiger partial charge in [-0.25, -0.2) is 4.52 Å². The first-order valence-electron chi connectivity index (χ1n) is 28.4. The number of aromatic nitrogens is 2. The molecule has 14 aromatic rings. The summed E-state index contributed by atoms with van der Waals surface area (Å²) in [6.45, 7) is 0. The summed E-state index contributed by atoms with van der Waals surface area (Å²) in [7, 11) is 0. The highest BCUT2D eigenvalue weighted by Gasteiger charge is 2.48. The minimum Gasteiger partial charge on any atom is -0.310 e. The molecule has 2 aliphatic rings. The molecule has 0 saturated heterocycles. The fourth-order valence-electron chi connectivity index (χ4n) is 14.1. The van der Waals surface area contributed by atoms with E-state index in [0.29, 0.717) is 0 Å². The van der Waals surface area contributed by atoms with E-state index in [4.69, 9.17) is 5.10 Å². The van der Waals surface area contributed by atoms with Crippen molar-refractivity contribution in [1.29, 1.82) is 0 Å². The Morgan fingerprint density at radius 1 is 0.293 bits per heavy atom. The van der Waals surface area contributed by atoms with Gasteiger partial charge in [-0.15, -0.1) is 0 Å². The number of pyridine rings is 1. The van der Waals surface area contributed by atoms with Gasteiger partial charge in [0, 0.05) is 39.1 Å². The van der Waals surface area contributed by atoms with E-state index in [9.17, 15) is 0 Å². The normalized spacial score (nSPS) is 13.3. The lowest BCUT2D eigenvalue weighted by Crippen LogP contribution is -2.29. The smallest absolute Gasteiger partial charge is 0.101 e. The van der Waals surface area contributed by atoms with Crippen LogP contribution in [-0.2, 0) is 10.8 Å². The quantitative estimate of drug-likeness (QED) is 0.136. The Kier molecular flexibility index (Phi) is 11.0. The second-order valence-corrected chi connectivity index (χ2v) is 21.7. The van der Waals surface area contributed by atoms with E-state index in [2.05, 4.69) is 331 Å². The Balaban J connectivity index is 1.02. The maximum absolute atomic E-state index is 5.64. The van der Waals surface area contributed by atoms with Gasteiger partial charge in [-0.1, -0.05) is 279 Å². The van der Waals surface area contributed by atoms with Gasteiger partial charge < -0.3 is 4.90 Å². The molecule has 0 N–H and O–H groups in total. The van der Waals surface area contributed by atoms with Crippen LogP contribution in [0.15, 0.2) is 322 Å². The highest BCUT2D eigenvalue weighted by molar-refractivity contribution is 6.10. The standard InChI is InChI=1S/C79H53N3/c1-8-26-54(27-9-1)74-50-57-44-45-62(51-69(57)77-75(55-28-10-2-11-29-55)76(80-82(74)77)56-30-12-3-13-31-56)81(63-46-48-67-65-40-22-24-42-70(65)78(72(67)52-63,58-32-14-4-15-33-58)59-34-16-5-17-35-59)64-47-49-68-66-41-23-25-43-71(66)79(73(68)53-64,60-36-18-6-19-37-60)61-38-20-7-21-39-61/h1-53H. The predicted molar refractivity (Wildman–Crippen MR) is 338 cm³/mol. The van der Waals surface area contributed by atoms with Gasteiger partial charge in [0.15, 0.2) is 0 Å². The molecule has 3 nitrogen and oxygen atoms in total. The third kappa shape index (κ3) is 7.06. The average molecular weight is 1040 g/mol. The van der Waals surface area contributed by atoms with Crippen LogP contribution in [0.25, 0.3) is 72.2 Å². The van der Waals surface area contributed by atoms with Crippen molar-refractivity contribution in [3.8, 4) is 55.9 Å². The zero-order chi connectivity index (χ0) is 54.2. The molecule has 12 aromatic carbocycles. The second kappa shape index (κ2) is 19.0. The highest BCUT2D eigenvalue weighted by atomic mass is 15.2. The Morgan fingerprint density at radius 3 is 1.12 bits per heavy atom. The van der Waals surface area contributed by atoms with E-state index in [1.54, 1.807) is 0 Å². The summed E-state index contributed by atoms with van der Waals surface area (Å²) in [5.74, 6) is 0. The van der Waals surface area contributed by atoms with Gasteiger partial charge in [0.25, 0.3) is 0 Å². The molecule has 0 amide bonds. The van der Waals surface area contributed by atoms with E-state index in [-0.39, 0.29) is 0 Å². The van der Waals surface area contributed by atoms with E-state index in [0.717, 1.165) is 67.0 Å². The molecule has 2 heterocycles. The monoisotopic (exact) mass is 1040 g/mol. The number of hydrogen-bond donors (Lipinski definition) is 0. The largest absolute Gasteiger partial charge is 0.310 e. The molecular formula is C79H53N3. The summed E-state index contributed by atoms with van der Waals surface area (Å²) in [4.78, 5) is 2.52. The van der Waals surface area contributed by atoms with Gasteiger partial charge in [-0.05, 0) is 120 Å². The summed E-state index contributed by atoms with van der Waals surface area (Å²) in [6, 6.07) is 119.